The van der Waals surface area contributed by atoms with E-state index < -0.39 is 0 Å². The van der Waals surface area contributed by atoms with E-state index in [1.54, 1.807) is 6.26 Å². The van der Waals surface area contributed by atoms with Gasteiger partial charge in [0.2, 0.25) is 0 Å². The molecule has 1 nitrogen and oxygen atoms in total. The number of hydrogen-bond donors (Lipinski definition) is 0. The fraction of sp³-hybridized carbons (Fsp3) is 0. The van der Waals surface area contributed by atoms with E-state index in [-0.39, 0.29) is 6.13 Å². The molecule has 122 valence electrons. The van der Waals surface area contributed by atoms with Crippen LogP contribution in [0.25, 0.3) is 43.4 Å². The van der Waals surface area contributed by atoms with E-state index in [4.69, 9.17) is 15.9 Å². The normalized spacial score (nSPS) is 12.9. The van der Waals surface area contributed by atoms with Crippen LogP contribution in [0.2, 0.25) is 0 Å². The molecular formula is C22H11BBrClO. The summed E-state index contributed by atoms with van der Waals surface area (Å²) in [6.07, 6.45) is 1.47. The fourth-order valence-corrected chi connectivity index (χ4v) is 5.61. The lowest BCUT2D eigenvalue weighted by atomic mass is 9.69. The Hall–Kier alpha value is -2.23. The van der Waals surface area contributed by atoms with Gasteiger partial charge in [-0.2, -0.15) is 11.5 Å². The molecule has 0 aliphatic carbocycles. The standard InChI is InChI=1S/C22H11BBrClO/c24-18-11-17-14-7-2-1-5-12(14)13-6-3-4-8-15(13)19(17)20-16-9-10-26-22(16)23(25)21(18)20/h1-11H. The first-order chi connectivity index (χ1) is 12.8. The molecule has 2 heterocycles. The van der Waals surface area contributed by atoms with Crippen LogP contribution < -0.4 is 11.1 Å². The quantitative estimate of drug-likeness (QED) is 0.228. The molecule has 1 aliphatic heterocycles. The van der Waals surface area contributed by atoms with Crippen molar-refractivity contribution < 1.29 is 4.42 Å². The molecule has 6 rings (SSSR count). The maximum absolute atomic E-state index is 6.77. The van der Waals surface area contributed by atoms with Crippen molar-refractivity contribution in [2.75, 3.05) is 0 Å². The van der Waals surface area contributed by atoms with Crippen LogP contribution in [0.5, 0.6) is 0 Å². The van der Waals surface area contributed by atoms with Gasteiger partial charge in [0.05, 0.1) is 11.9 Å². The number of benzene rings is 4. The Morgan fingerprint density at radius 1 is 0.808 bits per heavy atom. The van der Waals surface area contributed by atoms with Crippen molar-refractivity contribution >= 4 is 77.0 Å². The molecule has 5 aromatic rings. The van der Waals surface area contributed by atoms with E-state index in [0.717, 1.165) is 21.2 Å². The van der Waals surface area contributed by atoms with Crippen molar-refractivity contribution in [3.63, 3.8) is 0 Å². The van der Waals surface area contributed by atoms with E-state index in [0.29, 0.717) is 0 Å². The second-order valence-corrected chi connectivity index (χ2v) is 8.01. The van der Waals surface area contributed by atoms with Gasteiger partial charge in [0.25, 0.3) is 0 Å². The Morgan fingerprint density at radius 3 is 2.15 bits per heavy atom. The summed E-state index contributed by atoms with van der Waals surface area (Å²) < 4.78 is 6.76. The maximum atomic E-state index is 6.77. The zero-order valence-corrected chi connectivity index (χ0v) is 15.9. The van der Waals surface area contributed by atoms with Gasteiger partial charge in [0.1, 0.15) is 0 Å². The summed E-state index contributed by atoms with van der Waals surface area (Å²) in [5.74, 6) is 0. The van der Waals surface area contributed by atoms with E-state index in [1.165, 1.54) is 37.9 Å². The van der Waals surface area contributed by atoms with Crippen LogP contribution >= 0.6 is 27.4 Å². The first kappa shape index (κ1) is 14.9. The van der Waals surface area contributed by atoms with Crippen molar-refractivity contribution in [1.82, 2.24) is 0 Å². The zero-order chi connectivity index (χ0) is 17.4. The smallest absolute Gasteiger partial charge is 0.360 e. The van der Waals surface area contributed by atoms with Crippen molar-refractivity contribution in [1.29, 1.82) is 0 Å². The van der Waals surface area contributed by atoms with Gasteiger partial charge in [-0.15, -0.1) is 0 Å². The van der Waals surface area contributed by atoms with Crippen molar-refractivity contribution in [2.24, 2.45) is 0 Å². The molecule has 1 aromatic heterocycles. The van der Waals surface area contributed by atoms with Gasteiger partial charge >= 0.3 is 6.13 Å². The Morgan fingerprint density at radius 2 is 1.42 bits per heavy atom. The Kier molecular flexibility index (Phi) is 2.95. The molecule has 0 amide bonds. The predicted molar refractivity (Wildman–Crippen MR) is 115 cm³/mol. The van der Waals surface area contributed by atoms with Gasteiger partial charge in [-0.1, -0.05) is 64.5 Å². The van der Waals surface area contributed by atoms with Crippen molar-refractivity contribution in [3.8, 4) is 11.1 Å². The topological polar surface area (TPSA) is 13.1 Å². The highest BCUT2D eigenvalue weighted by Crippen LogP contribution is 2.42. The summed E-state index contributed by atoms with van der Waals surface area (Å²) in [6, 6.07) is 21.5. The van der Waals surface area contributed by atoms with Crippen LogP contribution in [0.15, 0.2) is 75.8 Å². The third-order valence-corrected chi connectivity index (χ3v) is 6.54. The fourth-order valence-electron chi connectivity index (χ4n) is 4.43. The number of halogens is 2. The maximum Gasteiger partial charge on any atom is 0.360 e. The Bertz CT molecular complexity index is 1370. The molecule has 0 saturated carbocycles. The minimum Gasteiger partial charge on any atom is -0.477 e. The lowest BCUT2D eigenvalue weighted by Gasteiger charge is -2.15. The highest BCUT2D eigenvalue weighted by atomic mass is 79.9. The lowest BCUT2D eigenvalue weighted by Crippen LogP contribution is -2.32. The van der Waals surface area contributed by atoms with Gasteiger partial charge in [-0.3, -0.25) is 0 Å². The van der Waals surface area contributed by atoms with Gasteiger partial charge in [0.15, 0.2) is 0 Å². The summed E-state index contributed by atoms with van der Waals surface area (Å²) in [5, 5.41) is 7.54. The van der Waals surface area contributed by atoms with Gasteiger partial charge in [-0.25, -0.2) is 0 Å². The lowest BCUT2D eigenvalue weighted by molar-refractivity contribution is 0.601. The first-order valence-electron chi connectivity index (χ1n) is 8.53. The molecule has 0 radical (unpaired) electrons. The molecule has 0 bridgehead atoms. The van der Waals surface area contributed by atoms with Crippen molar-refractivity contribution in [3.05, 3.63) is 71.4 Å². The second kappa shape index (κ2) is 5.15. The summed E-state index contributed by atoms with van der Waals surface area (Å²) in [5.41, 5.74) is 4.24. The van der Waals surface area contributed by atoms with Gasteiger partial charge < -0.3 is 4.42 Å². The molecular weight excluding hydrogens is 406 g/mol. The van der Waals surface area contributed by atoms with Crippen LogP contribution in [0.1, 0.15) is 0 Å². The number of hydrogen-bond acceptors (Lipinski definition) is 1. The van der Waals surface area contributed by atoms with Gasteiger partial charge in [-0.05, 0) is 55.5 Å². The minimum absolute atomic E-state index is 0.265. The molecule has 4 aromatic carbocycles. The highest BCUT2D eigenvalue weighted by Gasteiger charge is 2.37. The predicted octanol–water partition coefficient (Wildman–Crippen LogP) is 5.83. The number of furan rings is 1. The Balaban J connectivity index is 1.99. The third kappa shape index (κ3) is 1.73. The van der Waals surface area contributed by atoms with Crippen LogP contribution in [0.3, 0.4) is 0 Å². The van der Waals surface area contributed by atoms with Crippen molar-refractivity contribution in [2.45, 2.75) is 0 Å². The summed E-state index contributed by atoms with van der Waals surface area (Å²) in [6.45, 7) is 0. The molecule has 0 unspecified atom stereocenters. The van der Waals surface area contributed by atoms with E-state index >= 15 is 0 Å². The van der Waals surface area contributed by atoms with Crippen LogP contribution in [0, 0.1) is 0 Å². The summed E-state index contributed by atoms with van der Waals surface area (Å²) in [4.78, 5) is 0. The zero-order valence-electron chi connectivity index (χ0n) is 13.6. The summed E-state index contributed by atoms with van der Waals surface area (Å²) >= 11 is 10.5. The van der Waals surface area contributed by atoms with E-state index in [2.05, 4.69) is 70.5 Å². The monoisotopic (exact) mass is 416 g/mol. The van der Waals surface area contributed by atoms with E-state index in [1.807, 2.05) is 6.07 Å². The summed E-state index contributed by atoms with van der Waals surface area (Å²) in [7, 11) is 0. The first-order valence-corrected chi connectivity index (χ1v) is 9.76. The molecule has 4 heteroatoms. The molecule has 26 heavy (non-hydrogen) atoms. The Labute approximate surface area is 163 Å². The van der Waals surface area contributed by atoms with Crippen LogP contribution in [0.4, 0.5) is 0 Å². The highest BCUT2D eigenvalue weighted by molar-refractivity contribution is 9.10. The third-order valence-electron chi connectivity index (χ3n) is 5.47. The molecule has 1 aliphatic rings. The number of rotatable bonds is 0. The van der Waals surface area contributed by atoms with Gasteiger partial charge in [0, 0.05) is 10.0 Å². The van der Waals surface area contributed by atoms with E-state index in [9.17, 15) is 0 Å². The average Bonchev–Trinajstić information content (AvgIpc) is 3.25. The molecule has 0 spiro atoms. The molecule has 0 saturated heterocycles. The number of fused-ring (bicyclic) bond motifs is 10. The minimum atomic E-state index is -0.265. The molecule has 0 N–H and O–H groups in total. The molecule has 0 fully saturated rings. The average molecular weight is 417 g/mol. The van der Waals surface area contributed by atoms with Crippen LogP contribution in [-0.2, 0) is 0 Å². The molecule has 0 atom stereocenters. The second-order valence-electron chi connectivity index (χ2n) is 6.72. The van der Waals surface area contributed by atoms with Crippen LogP contribution in [-0.4, -0.2) is 6.13 Å². The largest absolute Gasteiger partial charge is 0.477 e. The SMILES string of the molecule is ClB1c2occc2-c2c1c(Br)cc1c3ccccc3c3ccccc3c21.